The summed E-state index contributed by atoms with van der Waals surface area (Å²) in [5, 5.41) is 3.72. The molecule has 2 aromatic carbocycles. The van der Waals surface area contributed by atoms with Gasteiger partial charge >= 0.3 is 0 Å². The Labute approximate surface area is 155 Å². The standard InChI is InChI=1S/C21H26ClNO2/c1-12-9-14(3)19(11-13(12)2)16(5)23-21(24)17(6)25-18-7-8-20(22)15(4)10-18/h7-11,16-17H,1-6H3,(H,23,24)/t16-,17+/m0/s1. The lowest BCUT2D eigenvalue weighted by molar-refractivity contribution is -0.127. The molecule has 3 nitrogen and oxygen atoms in total. The second-order valence-electron chi connectivity index (χ2n) is 6.69. The average molecular weight is 360 g/mol. The van der Waals surface area contributed by atoms with Gasteiger partial charge in [-0.2, -0.15) is 0 Å². The van der Waals surface area contributed by atoms with Crippen LogP contribution in [0.15, 0.2) is 30.3 Å². The van der Waals surface area contributed by atoms with E-state index in [1.807, 2.05) is 19.9 Å². The molecule has 0 spiro atoms. The van der Waals surface area contributed by atoms with Crippen molar-refractivity contribution in [3.8, 4) is 5.75 Å². The van der Waals surface area contributed by atoms with E-state index in [1.165, 1.54) is 16.7 Å². The monoisotopic (exact) mass is 359 g/mol. The van der Waals surface area contributed by atoms with Gasteiger partial charge in [0.2, 0.25) is 0 Å². The molecule has 0 bridgehead atoms. The third-order valence-electron chi connectivity index (χ3n) is 4.52. The van der Waals surface area contributed by atoms with Gasteiger partial charge in [-0.05, 0) is 87.6 Å². The van der Waals surface area contributed by atoms with E-state index in [9.17, 15) is 4.79 Å². The fraction of sp³-hybridized carbons (Fsp3) is 0.381. The molecule has 25 heavy (non-hydrogen) atoms. The first kappa shape index (κ1) is 19.3. The summed E-state index contributed by atoms with van der Waals surface area (Å²) in [7, 11) is 0. The highest BCUT2D eigenvalue weighted by molar-refractivity contribution is 6.31. The lowest BCUT2D eigenvalue weighted by Crippen LogP contribution is -2.38. The number of carbonyl (C=O) groups excluding carboxylic acids is 1. The molecular weight excluding hydrogens is 334 g/mol. The van der Waals surface area contributed by atoms with Crippen molar-refractivity contribution in [1.29, 1.82) is 0 Å². The van der Waals surface area contributed by atoms with Crippen molar-refractivity contribution in [2.45, 2.75) is 53.7 Å². The number of hydrogen-bond donors (Lipinski definition) is 1. The van der Waals surface area contributed by atoms with Crippen LogP contribution in [-0.4, -0.2) is 12.0 Å². The maximum atomic E-state index is 12.5. The third kappa shape index (κ3) is 4.76. The van der Waals surface area contributed by atoms with Crippen molar-refractivity contribution < 1.29 is 9.53 Å². The van der Waals surface area contributed by atoms with Crippen LogP contribution in [0.3, 0.4) is 0 Å². The molecule has 0 aliphatic rings. The van der Waals surface area contributed by atoms with Crippen LogP contribution in [0.4, 0.5) is 0 Å². The fourth-order valence-corrected chi connectivity index (χ4v) is 2.92. The molecule has 134 valence electrons. The molecule has 0 radical (unpaired) electrons. The topological polar surface area (TPSA) is 38.3 Å². The Morgan fingerprint density at radius 1 is 0.960 bits per heavy atom. The predicted octanol–water partition coefficient (Wildman–Crippen LogP) is 5.22. The van der Waals surface area contributed by atoms with Crippen LogP contribution in [0, 0.1) is 27.7 Å². The first-order valence-electron chi connectivity index (χ1n) is 8.50. The molecule has 0 saturated heterocycles. The average Bonchev–Trinajstić information content (AvgIpc) is 2.54. The van der Waals surface area contributed by atoms with Crippen molar-refractivity contribution in [3.05, 3.63) is 63.2 Å². The Kier molecular flexibility index (Phi) is 6.12. The number of rotatable bonds is 5. The fourth-order valence-electron chi connectivity index (χ4n) is 2.81. The molecule has 0 saturated carbocycles. The summed E-state index contributed by atoms with van der Waals surface area (Å²) in [5.74, 6) is 0.497. The minimum Gasteiger partial charge on any atom is -0.481 e. The van der Waals surface area contributed by atoms with Gasteiger partial charge in [-0.3, -0.25) is 4.79 Å². The van der Waals surface area contributed by atoms with Gasteiger partial charge in [0, 0.05) is 5.02 Å². The zero-order valence-corrected chi connectivity index (χ0v) is 16.5. The van der Waals surface area contributed by atoms with Gasteiger partial charge in [0.15, 0.2) is 6.10 Å². The van der Waals surface area contributed by atoms with Crippen molar-refractivity contribution in [2.24, 2.45) is 0 Å². The molecule has 0 unspecified atom stereocenters. The van der Waals surface area contributed by atoms with Crippen molar-refractivity contribution in [2.75, 3.05) is 0 Å². The van der Waals surface area contributed by atoms with Crippen molar-refractivity contribution in [3.63, 3.8) is 0 Å². The molecule has 0 heterocycles. The van der Waals surface area contributed by atoms with E-state index < -0.39 is 6.10 Å². The zero-order valence-electron chi connectivity index (χ0n) is 15.7. The lowest BCUT2D eigenvalue weighted by atomic mass is 9.96. The highest BCUT2D eigenvalue weighted by Crippen LogP contribution is 2.23. The highest BCUT2D eigenvalue weighted by Gasteiger charge is 2.19. The summed E-state index contributed by atoms with van der Waals surface area (Å²) in [4.78, 5) is 12.5. The molecule has 0 aliphatic carbocycles. The Hall–Kier alpha value is -2.00. The third-order valence-corrected chi connectivity index (χ3v) is 4.94. The second-order valence-corrected chi connectivity index (χ2v) is 7.10. The van der Waals surface area contributed by atoms with E-state index in [4.69, 9.17) is 16.3 Å². The number of amides is 1. The van der Waals surface area contributed by atoms with Crippen molar-refractivity contribution in [1.82, 2.24) is 5.32 Å². The normalized spacial score (nSPS) is 13.2. The highest BCUT2D eigenvalue weighted by atomic mass is 35.5. The minimum absolute atomic E-state index is 0.0789. The largest absolute Gasteiger partial charge is 0.481 e. The zero-order chi connectivity index (χ0) is 18.7. The maximum Gasteiger partial charge on any atom is 0.261 e. The predicted molar refractivity (Wildman–Crippen MR) is 103 cm³/mol. The van der Waals surface area contributed by atoms with Crippen LogP contribution >= 0.6 is 11.6 Å². The van der Waals surface area contributed by atoms with Gasteiger partial charge < -0.3 is 10.1 Å². The van der Waals surface area contributed by atoms with Gasteiger partial charge in [-0.1, -0.05) is 23.7 Å². The first-order valence-corrected chi connectivity index (χ1v) is 8.87. The van der Waals surface area contributed by atoms with Crippen LogP contribution in [0.1, 0.15) is 47.7 Å². The summed E-state index contributed by atoms with van der Waals surface area (Å²) in [6.07, 6.45) is -0.588. The summed E-state index contributed by atoms with van der Waals surface area (Å²) in [6.45, 7) is 11.9. The van der Waals surface area contributed by atoms with E-state index in [2.05, 4.69) is 38.2 Å². The number of halogens is 1. The summed E-state index contributed by atoms with van der Waals surface area (Å²) in [6, 6.07) is 9.61. The van der Waals surface area contributed by atoms with E-state index in [1.54, 1.807) is 19.1 Å². The molecule has 1 N–H and O–H groups in total. The van der Waals surface area contributed by atoms with E-state index in [0.717, 1.165) is 11.1 Å². The van der Waals surface area contributed by atoms with Crippen LogP contribution in [0.5, 0.6) is 5.75 Å². The number of benzene rings is 2. The van der Waals surface area contributed by atoms with Crippen molar-refractivity contribution >= 4 is 17.5 Å². The first-order chi connectivity index (χ1) is 11.7. The van der Waals surface area contributed by atoms with Gasteiger partial charge in [0.25, 0.3) is 5.91 Å². The Morgan fingerprint density at radius 2 is 1.60 bits per heavy atom. The molecular formula is C21H26ClNO2. The lowest BCUT2D eigenvalue weighted by Gasteiger charge is -2.21. The van der Waals surface area contributed by atoms with Gasteiger partial charge in [-0.25, -0.2) is 0 Å². The quantitative estimate of drug-likeness (QED) is 0.794. The van der Waals surface area contributed by atoms with Gasteiger partial charge in [-0.15, -0.1) is 0 Å². The molecule has 0 aromatic heterocycles. The summed E-state index contributed by atoms with van der Waals surface area (Å²) < 4.78 is 5.75. The van der Waals surface area contributed by atoms with Gasteiger partial charge in [0.1, 0.15) is 5.75 Å². The minimum atomic E-state index is -0.588. The number of aryl methyl sites for hydroxylation is 4. The van der Waals surface area contributed by atoms with E-state index in [-0.39, 0.29) is 11.9 Å². The Morgan fingerprint density at radius 3 is 2.24 bits per heavy atom. The molecule has 2 atom stereocenters. The molecule has 2 rings (SSSR count). The molecule has 0 fully saturated rings. The van der Waals surface area contributed by atoms with Crippen LogP contribution in [-0.2, 0) is 4.79 Å². The molecule has 2 aromatic rings. The maximum absolute atomic E-state index is 12.5. The van der Waals surface area contributed by atoms with E-state index >= 15 is 0 Å². The number of carbonyl (C=O) groups is 1. The Bertz CT molecular complexity index is 786. The van der Waals surface area contributed by atoms with Crippen LogP contribution < -0.4 is 10.1 Å². The van der Waals surface area contributed by atoms with Crippen LogP contribution in [0.25, 0.3) is 0 Å². The summed E-state index contributed by atoms with van der Waals surface area (Å²) >= 11 is 6.02. The second kappa shape index (κ2) is 7.92. The number of hydrogen-bond acceptors (Lipinski definition) is 2. The SMILES string of the molecule is Cc1cc(C)c([C@H](C)NC(=O)[C@@H](C)Oc2ccc(Cl)c(C)c2)cc1C. The smallest absolute Gasteiger partial charge is 0.261 e. The van der Waals surface area contributed by atoms with E-state index in [0.29, 0.717) is 10.8 Å². The number of ether oxygens (including phenoxy) is 1. The Balaban J connectivity index is 2.05. The number of nitrogens with one attached hydrogen (secondary N) is 1. The molecule has 1 amide bonds. The summed E-state index contributed by atoms with van der Waals surface area (Å²) in [5.41, 5.74) is 5.71. The molecule has 4 heteroatoms. The van der Waals surface area contributed by atoms with Crippen LogP contribution in [0.2, 0.25) is 5.02 Å². The van der Waals surface area contributed by atoms with Gasteiger partial charge in [0.05, 0.1) is 6.04 Å². The molecule has 0 aliphatic heterocycles.